The molecule has 8 rings (SSSR count). The first-order valence-electron chi connectivity index (χ1n) is 23.3. The van der Waals surface area contributed by atoms with Crippen LogP contribution in [-0.2, 0) is 30.3 Å². The zero-order valence-corrected chi connectivity index (χ0v) is 35.7. The molecule has 8 heteroatoms. The summed E-state index contributed by atoms with van der Waals surface area (Å²) in [7, 11) is 0. The Labute approximate surface area is 347 Å². The van der Waals surface area contributed by atoms with E-state index in [4.69, 9.17) is 9.84 Å². The lowest BCUT2D eigenvalue weighted by molar-refractivity contribution is -0.159. The number of aliphatic carboxylic acids is 1. The minimum Gasteiger partial charge on any atom is -0.481 e. The van der Waals surface area contributed by atoms with Gasteiger partial charge in [-0.15, -0.1) is 0 Å². The van der Waals surface area contributed by atoms with Crippen LogP contribution in [0.25, 0.3) is 6.08 Å². The molecular weight excluding hydrogens is 730 g/mol. The Hall–Kier alpha value is -3.29. The van der Waals surface area contributed by atoms with E-state index in [0.29, 0.717) is 52.9 Å². The second-order valence-corrected chi connectivity index (χ2v) is 19.8. The highest BCUT2D eigenvalue weighted by molar-refractivity contribution is 5.91. The summed E-state index contributed by atoms with van der Waals surface area (Å²) in [6.45, 7) is 8.13. The first-order chi connectivity index (χ1) is 27.9. The molecule has 1 aromatic carbocycles. The molecule has 7 nitrogen and oxygen atoms in total. The average Bonchev–Trinajstić information content (AvgIpc) is 3.55. The summed E-state index contributed by atoms with van der Waals surface area (Å²) in [5.41, 5.74) is 3.96. The van der Waals surface area contributed by atoms with E-state index < -0.39 is 5.97 Å². The number of benzene rings is 1. The number of piperidine rings is 1. The molecule has 318 valence electrons. The third-order valence-corrected chi connectivity index (χ3v) is 16.5. The molecule has 1 aromatic rings. The molecule has 6 aliphatic carbocycles. The van der Waals surface area contributed by atoms with Crippen LogP contribution in [0.15, 0.2) is 35.4 Å². The summed E-state index contributed by atoms with van der Waals surface area (Å²) in [5, 5.41) is 8.90. The van der Waals surface area contributed by atoms with E-state index in [2.05, 4.69) is 18.7 Å². The van der Waals surface area contributed by atoms with E-state index in [1.54, 1.807) is 12.1 Å². The number of rotatable bonds is 8. The average molecular weight is 800 g/mol. The number of halogens is 1. The van der Waals surface area contributed by atoms with Crippen molar-refractivity contribution in [1.29, 1.82) is 0 Å². The van der Waals surface area contributed by atoms with Crippen molar-refractivity contribution in [3.8, 4) is 0 Å². The van der Waals surface area contributed by atoms with Crippen molar-refractivity contribution in [2.75, 3.05) is 13.1 Å². The zero-order chi connectivity index (χ0) is 41.0. The summed E-state index contributed by atoms with van der Waals surface area (Å²) >= 11 is 0. The maximum Gasteiger partial charge on any atom is 0.307 e. The maximum atomic E-state index is 14.5. The molecular formula is C50H70FNO6. The van der Waals surface area contributed by atoms with Crippen LogP contribution < -0.4 is 0 Å². The van der Waals surface area contributed by atoms with Crippen molar-refractivity contribution in [3.05, 3.63) is 52.4 Å². The van der Waals surface area contributed by atoms with E-state index in [-0.39, 0.29) is 41.1 Å². The second-order valence-electron chi connectivity index (χ2n) is 19.8. The third kappa shape index (κ3) is 9.21. The predicted octanol–water partition coefficient (Wildman–Crippen LogP) is 11.1. The van der Waals surface area contributed by atoms with Crippen LogP contribution in [0.3, 0.4) is 0 Å². The largest absolute Gasteiger partial charge is 0.481 e. The van der Waals surface area contributed by atoms with Gasteiger partial charge in [0, 0.05) is 42.8 Å². The fourth-order valence-electron chi connectivity index (χ4n) is 13.3. The van der Waals surface area contributed by atoms with Crippen molar-refractivity contribution in [3.63, 3.8) is 0 Å². The molecule has 0 spiro atoms. The summed E-state index contributed by atoms with van der Waals surface area (Å²) in [4.78, 5) is 50.5. The highest BCUT2D eigenvalue weighted by Crippen LogP contribution is 2.65. The number of carboxylic acids is 1. The van der Waals surface area contributed by atoms with E-state index in [1.807, 2.05) is 19.1 Å². The first-order valence-corrected chi connectivity index (χ1v) is 23.3. The van der Waals surface area contributed by atoms with Crippen molar-refractivity contribution < 1.29 is 33.4 Å². The number of hydrogen-bond donors (Lipinski definition) is 1. The van der Waals surface area contributed by atoms with Crippen LogP contribution in [0.4, 0.5) is 4.39 Å². The number of fused-ring (bicyclic) bond motifs is 5. The molecule has 1 amide bonds. The molecule has 5 saturated carbocycles. The van der Waals surface area contributed by atoms with Gasteiger partial charge in [-0.05, 0) is 136 Å². The lowest BCUT2D eigenvalue weighted by atomic mass is 9.47. The number of carbonyl (C=O) groups excluding carboxylic acids is 3. The SMILES string of the molecule is CCC(=O)O[C@H]1CC[C@H]2[C@@H]3CCC4=CC(=O)CC[C@]4(C)[C@H]3CC[C@]12C.O=C(O)Cc1ccc(C=C2CCN(C(=O)C(C3CCCCC3)C3CCCCC3)CC2)c(F)c1. The summed E-state index contributed by atoms with van der Waals surface area (Å²) in [6, 6.07) is 4.67. The standard InChI is InChI=1S/C28H38FNO3.C22H32O3/c29-25-18-21(19-26(31)32)11-12-24(25)17-20-13-15-30(16-14-20)28(33)27(22-7-3-1-4-8-22)23-9-5-2-6-10-23;1-4-20(24)25-19-8-7-17-16-6-5-14-13-15(23)9-11-21(14,2)18(16)10-12-22(17,19)3/h11-12,17-18,22-23,27H,1-10,13-16,19H2,(H,31,32);13,16-19H,4-12H2,1-3H3/t;16-,17-,18-,19-,21-,22-/m.0/s1. The number of carboxylic acid groups (broad SMARTS) is 1. The Morgan fingerprint density at radius 1 is 0.862 bits per heavy atom. The van der Waals surface area contributed by atoms with Gasteiger partial charge in [-0.1, -0.05) is 88.7 Å². The smallest absolute Gasteiger partial charge is 0.307 e. The minimum absolute atomic E-state index is 0.0411. The number of hydrogen-bond acceptors (Lipinski definition) is 5. The van der Waals surface area contributed by atoms with E-state index >= 15 is 0 Å². The topological polar surface area (TPSA) is 101 Å². The van der Waals surface area contributed by atoms with E-state index in [1.165, 1.54) is 95.1 Å². The molecule has 0 unspecified atom stereocenters. The Morgan fingerprint density at radius 2 is 1.53 bits per heavy atom. The Bertz CT molecular complexity index is 1710. The lowest BCUT2D eigenvalue weighted by Crippen LogP contribution is -2.51. The quantitative estimate of drug-likeness (QED) is 0.263. The molecule has 6 fully saturated rings. The number of likely N-dealkylation sites (tertiary alicyclic amines) is 1. The second kappa shape index (κ2) is 18.5. The molecule has 1 N–H and O–H groups in total. The third-order valence-electron chi connectivity index (χ3n) is 16.5. The Kier molecular flexibility index (Phi) is 13.7. The van der Waals surface area contributed by atoms with Gasteiger partial charge >= 0.3 is 11.9 Å². The lowest BCUT2D eigenvalue weighted by Gasteiger charge is -2.57. The number of amides is 1. The first kappa shape index (κ1) is 42.8. The monoisotopic (exact) mass is 800 g/mol. The Balaban J connectivity index is 0.000000183. The molecule has 1 heterocycles. The minimum atomic E-state index is -0.961. The van der Waals surface area contributed by atoms with Crippen molar-refractivity contribution in [2.45, 2.75) is 168 Å². The number of ketones is 1. The fourth-order valence-corrected chi connectivity index (χ4v) is 13.3. The van der Waals surface area contributed by atoms with Crippen LogP contribution in [0.1, 0.15) is 167 Å². The molecule has 1 saturated heterocycles. The van der Waals surface area contributed by atoms with Crippen LogP contribution in [0, 0.1) is 52.2 Å². The van der Waals surface area contributed by atoms with Crippen molar-refractivity contribution in [1.82, 2.24) is 4.90 Å². The van der Waals surface area contributed by atoms with Crippen molar-refractivity contribution >= 4 is 29.7 Å². The number of nitrogens with zero attached hydrogens (tertiary/aromatic N) is 1. The predicted molar refractivity (Wildman–Crippen MR) is 225 cm³/mol. The van der Waals surface area contributed by atoms with Crippen LogP contribution in [0.5, 0.6) is 0 Å². The van der Waals surface area contributed by atoms with Crippen molar-refractivity contribution in [2.24, 2.45) is 46.3 Å². The van der Waals surface area contributed by atoms with Gasteiger partial charge in [-0.3, -0.25) is 19.2 Å². The van der Waals surface area contributed by atoms with Gasteiger partial charge in [-0.2, -0.15) is 0 Å². The molecule has 0 aromatic heterocycles. The number of carbonyl (C=O) groups is 4. The van der Waals surface area contributed by atoms with Gasteiger partial charge in [0.1, 0.15) is 11.9 Å². The Morgan fingerprint density at radius 3 is 2.16 bits per heavy atom. The normalized spacial score (nSPS) is 31.6. The maximum absolute atomic E-state index is 14.5. The number of allylic oxidation sites excluding steroid dienone is 1. The number of ether oxygens (including phenoxy) is 1. The summed E-state index contributed by atoms with van der Waals surface area (Å²) in [6.07, 6.45) is 27.1. The highest BCUT2D eigenvalue weighted by Gasteiger charge is 2.60. The molecule has 0 bridgehead atoms. The summed E-state index contributed by atoms with van der Waals surface area (Å²) in [5.74, 6) is 2.78. The molecule has 0 radical (unpaired) electrons. The van der Waals surface area contributed by atoms with Gasteiger partial charge in [0.25, 0.3) is 0 Å². The highest BCUT2D eigenvalue weighted by atomic mass is 19.1. The molecule has 7 aliphatic rings. The van der Waals surface area contributed by atoms with Crippen LogP contribution >= 0.6 is 0 Å². The van der Waals surface area contributed by atoms with Gasteiger partial charge in [0.15, 0.2) is 5.78 Å². The van der Waals surface area contributed by atoms with Gasteiger partial charge in [-0.25, -0.2) is 4.39 Å². The van der Waals surface area contributed by atoms with E-state index in [0.717, 1.165) is 69.5 Å². The number of esters is 1. The van der Waals surface area contributed by atoms with Crippen LogP contribution in [-0.4, -0.2) is 52.8 Å². The van der Waals surface area contributed by atoms with E-state index in [9.17, 15) is 23.6 Å². The molecule has 1 aliphatic heterocycles. The zero-order valence-electron chi connectivity index (χ0n) is 35.7. The van der Waals surface area contributed by atoms with Gasteiger partial charge in [0.05, 0.1) is 6.42 Å². The summed E-state index contributed by atoms with van der Waals surface area (Å²) < 4.78 is 20.3. The van der Waals surface area contributed by atoms with Gasteiger partial charge in [0.2, 0.25) is 5.91 Å². The van der Waals surface area contributed by atoms with Crippen LogP contribution in [0.2, 0.25) is 0 Å². The van der Waals surface area contributed by atoms with Gasteiger partial charge < -0.3 is 14.7 Å². The fraction of sp³-hybridized carbons (Fsp3) is 0.720. The molecule has 58 heavy (non-hydrogen) atoms. The molecule has 6 atom stereocenters.